The molecule has 14 nitrogen and oxygen atoms in total. The number of hydrogen-bond donors (Lipinski definition) is 1. The fraction of sp³-hybridized carbons (Fsp3) is 0.759. The normalized spacial score (nSPS) is 19.5. The predicted octanol–water partition coefficient (Wildman–Crippen LogP) is 3.98. The molecule has 2 aliphatic heterocycles. The van der Waals surface area contributed by atoms with Crippen molar-refractivity contribution in [3.05, 3.63) is 6.33 Å². The van der Waals surface area contributed by atoms with E-state index in [-0.39, 0.29) is 30.8 Å². The van der Waals surface area contributed by atoms with E-state index in [9.17, 15) is 9.59 Å². The van der Waals surface area contributed by atoms with Crippen LogP contribution in [0, 0.1) is 0 Å². The molecule has 0 aromatic carbocycles. The van der Waals surface area contributed by atoms with Crippen LogP contribution in [0.1, 0.15) is 78.6 Å². The van der Waals surface area contributed by atoms with Crippen molar-refractivity contribution in [3.63, 3.8) is 0 Å². The Labute approximate surface area is 259 Å². The number of esters is 2. The van der Waals surface area contributed by atoms with E-state index in [1.165, 1.54) is 0 Å². The van der Waals surface area contributed by atoms with Gasteiger partial charge in [0.15, 0.2) is 11.2 Å². The lowest BCUT2D eigenvalue weighted by Crippen LogP contribution is -2.45. The third kappa shape index (κ3) is 8.07. The van der Waals surface area contributed by atoms with Crippen molar-refractivity contribution in [1.29, 1.82) is 0 Å². The Hall–Kier alpha value is -2.80. The first-order valence-corrected chi connectivity index (χ1v) is 17.8. The standard InChI is InChI=1S/C29H48N7O7P/c1-4-7-17-42-27(37)22-11-9-13-35(22)44(39,36-14-10-12-23(36)28(38)43-18-8-5-2)21-40-19-15-34-20-31-24-25(34)32-29(30)33-26(24)41-16-6-3/h20,22-23H,4-19,21H2,1-3H3,(H2,30,32,33)/t22-,23-/m1/s1. The number of fused-ring (bicyclic) bond motifs is 1. The molecule has 246 valence electrons. The van der Waals surface area contributed by atoms with Gasteiger partial charge in [0, 0.05) is 19.6 Å². The van der Waals surface area contributed by atoms with E-state index < -0.39 is 19.5 Å². The number of imidazole rings is 1. The zero-order valence-electron chi connectivity index (χ0n) is 26.3. The van der Waals surface area contributed by atoms with Crippen LogP contribution in [0.25, 0.3) is 11.2 Å². The third-order valence-corrected chi connectivity index (χ3v) is 11.0. The highest BCUT2D eigenvalue weighted by Gasteiger charge is 2.51. The number of nitrogen functional groups attached to an aromatic ring is 1. The zero-order chi connectivity index (χ0) is 31.5. The summed E-state index contributed by atoms with van der Waals surface area (Å²) in [5, 5.41) is 0. The van der Waals surface area contributed by atoms with E-state index in [1.807, 2.05) is 20.8 Å². The third-order valence-electron chi connectivity index (χ3n) is 7.91. The number of nitrogens with two attached hydrogens (primary N) is 1. The molecule has 4 rings (SSSR count). The Morgan fingerprint density at radius 2 is 1.52 bits per heavy atom. The quantitative estimate of drug-likeness (QED) is 0.142. The van der Waals surface area contributed by atoms with Crippen molar-refractivity contribution < 1.29 is 33.1 Å². The van der Waals surface area contributed by atoms with Gasteiger partial charge in [-0.15, -0.1) is 0 Å². The number of carbonyl (C=O) groups excluding carboxylic acids is 2. The minimum Gasteiger partial charge on any atom is -0.476 e. The van der Waals surface area contributed by atoms with Crippen LogP contribution in [0.15, 0.2) is 6.33 Å². The van der Waals surface area contributed by atoms with E-state index in [0.717, 1.165) is 32.1 Å². The van der Waals surface area contributed by atoms with Crippen molar-refractivity contribution in [3.8, 4) is 5.88 Å². The molecule has 15 heteroatoms. The van der Waals surface area contributed by atoms with Crippen LogP contribution >= 0.6 is 7.44 Å². The van der Waals surface area contributed by atoms with Crippen molar-refractivity contribution >= 4 is 36.5 Å². The molecule has 2 atom stereocenters. The maximum atomic E-state index is 15.1. The molecule has 0 saturated carbocycles. The van der Waals surface area contributed by atoms with Gasteiger partial charge in [-0.1, -0.05) is 33.6 Å². The highest BCUT2D eigenvalue weighted by molar-refractivity contribution is 7.59. The molecule has 0 aliphatic carbocycles. The van der Waals surface area contributed by atoms with Crippen molar-refractivity contribution in [2.45, 2.75) is 97.2 Å². The molecule has 0 spiro atoms. The van der Waals surface area contributed by atoms with Gasteiger partial charge in [0.1, 0.15) is 18.4 Å². The molecule has 0 amide bonds. The average molecular weight is 638 g/mol. The number of carbonyl (C=O) groups is 2. The average Bonchev–Trinajstić information content (AvgIpc) is 3.79. The summed E-state index contributed by atoms with van der Waals surface area (Å²) in [4.78, 5) is 39.2. The second kappa shape index (κ2) is 16.5. The Balaban J connectivity index is 1.51. The number of rotatable bonds is 18. The van der Waals surface area contributed by atoms with Crippen LogP contribution < -0.4 is 10.5 Å². The van der Waals surface area contributed by atoms with Gasteiger partial charge >= 0.3 is 11.9 Å². The predicted molar refractivity (Wildman–Crippen MR) is 165 cm³/mol. The van der Waals surface area contributed by atoms with Gasteiger partial charge in [0.2, 0.25) is 19.3 Å². The van der Waals surface area contributed by atoms with Crippen LogP contribution in [-0.2, 0) is 34.9 Å². The summed E-state index contributed by atoms with van der Waals surface area (Å²) >= 11 is 0. The van der Waals surface area contributed by atoms with Gasteiger partial charge in [-0.25, -0.2) is 14.3 Å². The van der Waals surface area contributed by atoms with Crippen molar-refractivity contribution in [2.24, 2.45) is 0 Å². The molecule has 0 radical (unpaired) electrons. The summed E-state index contributed by atoms with van der Waals surface area (Å²) in [6.07, 6.45) is 8.09. The summed E-state index contributed by atoms with van der Waals surface area (Å²) in [5.74, 6) is -0.343. The molecule has 2 aliphatic rings. The summed E-state index contributed by atoms with van der Waals surface area (Å²) in [7, 11) is -3.54. The van der Waals surface area contributed by atoms with Crippen molar-refractivity contribution in [1.82, 2.24) is 28.9 Å². The molecule has 0 unspecified atom stereocenters. The van der Waals surface area contributed by atoms with Crippen LogP contribution in [0.2, 0.25) is 0 Å². The molecule has 4 heterocycles. The number of anilines is 1. The lowest BCUT2D eigenvalue weighted by molar-refractivity contribution is -0.147. The fourth-order valence-corrected chi connectivity index (χ4v) is 8.75. The molecule has 2 N–H and O–H groups in total. The first-order chi connectivity index (χ1) is 21.3. The monoisotopic (exact) mass is 637 g/mol. The minimum absolute atomic E-state index is 0.0765. The minimum atomic E-state index is -3.54. The van der Waals surface area contributed by atoms with Crippen LogP contribution in [0.3, 0.4) is 0 Å². The Kier molecular flexibility index (Phi) is 12.8. The summed E-state index contributed by atoms with van der Waals surface area (Å²) in [6, 6.07) is -1.31. The maximum absolute atomic E-state index is 15.1. The molecule has 0 bridgehead atoms. The number of hydrogen-bond acceptors (Lipinski definition) is 11. The topological polar surface area (TPSA) is 164 Å². The fourth-order valence-electron chi connectivity index (χ4n) is 5.60. The second-order valence-corrected chi connectivity index (χ2v) is 13.8. The van der Waals surface area contributed by atoms with E-state index in [4.69, 9.17) is 24.7 Å². The first kappa shape index (κ1) is 34.1. The van der Waals surface area contributed by atoms with Crippen LogP contribution in [0.4, 0.5) is 5.95 Å². The largest absolute Gasteiger partial charge is 0.476 e. The summed E-state index contributed by atoms with van der Waals surface area (Å²) < 4.78 is 43.3. The molecule has 2 aromatic rings. The highest BCUT2D eigenvalue weighted by atomic mass is 31.2. The smallest absolute Gasteiger partial charge is 0.323 e. The molecule has 2 fully saturated rings. The van der Waals surface area contributed by atoms with E-state index in [0.29, 0.717) is 82.2 Å². The molecular weight excluding hydrogens is 589 g/mol. The molecule has 2 saturated heterocycles. The Morgan fingerprint density at radius 1 is 0.909 bits per heavy atom. The SMILES string of the molecule is CCCCOC(=O)[C@H]1CCCN1P(=O)(COCCn1cnc2c(OCCC)nc(N)nc21)N1CCC[C@@H]1C(=O)OCCCC. The summed E-state index contributed by atoms with van der Waals surface area (Å²) in [5.41, 5.74) is 6.94. The Bertz CT molecular complexity index is 1250. The van der Waals surface area contributed by atoms with Gasteiger partial charge in [0.25, 0.3) is 0 Å². The zero-order valence-corrected chi connectivity index (χ0v) is 27.2. The molecular formula is C29H48N7O7P. The van der Waals surface area contributed by atoms with Gasteiger partial charge < -0.3 is 29.2 Å². The highest BCUT2D eigenvalue weighted by Crippen LogP contribution is 2.59. The van der Waals surface area contributed by atoms with Gasteiger partial charge in [-0.3, -0.25) is 14.2 Å². The Morgan fingerprint density at radius 3 is 2.09 bits per heavy atom. The molecule has 44 heavy (non-hydrogen) atoms. The van der Waals surface area contributed by atoms with Gasteiger partial charge in [-0.2, -0.15) is 9.97 Å². The van der Waals surface area contributed by atoms with E-state index in [1.54, 1.807) is 20.2 Å². The number of ether oxygens (including phenoxy) is 4. The lowest BCUT2D eigenvalue weighted by Gasteiger charge is -2.39. The van der Waals surface area contributed by atoms with Crippen LogP contribution in [0.5, 0.6) is 5.88 Å². The van der Waals surface area contributed by atoms with Gasteiger partial charge in [0.05, 0.1) is 32.8 Å². The van der Waals surface area contributed by atoms with E-state index >= 15 is 4.57 Å². The van der Waals surface area contributed by atoms with Crippen LogP contribution in [-0.4, -0.2) is 98.7 Å². The van der Waals surface area contributed by atoms with Crippen molar-refractivity contribution in [2.75, 3.05) is 51.6 Å². The second-order valence-electron chi connectivity index (χ2n) is 11.2. The first-order valence-electron chi connectivity index (χ1n) is 16.0. The maximum Gasteiger partial charge on any atom is 0.323 e. The van der Waals surface area contributed by atoms with E-state index in [2.05, 4.69) is 15.0 Å². The number of nitrogens with zero attached hydrogens (tertiary/aromatic N) is 6. The summed E-state index contributed by atoms with van der Waals surface area (Å²) in [6.45, 7) is 8.62. The van der Waals surface area contributed by atoms with Gasteiger partial charge in [-0.05, 0) is 44.9 Å². The molecule has 2 aromatic heterocycles. The number of aromatic nitrogens is 4. The lowest BCUT2D eigenvalue weighted by atomic mass is 10.2. The number of unbranched alkanes of at least 4 members (excludes halogenated alkanes) is 2.